The Hall–Kier alpha value is -3.07. The van der Waals surface area contributed by atoms with E-state index >= 15 is 0 Å². The molecule has 0 saturated carbocycles. The largest absolute Gasteiger partial charge is 0.416 e. The standard InChI is InChI=1S/C21H22F3N3O3/c22-21(23,24)15-5-2-7-17(11-15)27-19(28)13-25-16-6-1-4-14(10-16)20(29)26-12-18-8-3-9-30-18/h1-2,4-7,10-11,18,25H,3,8-9,12-13H2,(H,26,29)(H,27,28). The molecule has 9 heteroatoms. The average Bonchev–Trinajstić information content (AvgIpc) is 3.24. The van der Waals surface area contributed by atoms with Crippen LogP contribution in [0.5, 0.6) is 0 Å². The van der Waals surface area contributed by atoms with E-state index in [0.29, 0.717) is 24.4 Å². The number of carbonyl (C=O) groups is 2. The van der Waals surface area contributed by atoms with E-state index in [1.807, 2.05) is 0 Å². The van der Waals surface area contributed by atoms with Crippen LogP contribution in [-0.2, 0) is 15.7 Å². The van der Waals surface area contributed by atoms with Crippen LogP contribution in [0.1, 0.15) is 28.8 Å². The predicted octanol–water partition coefficient (Wildman–Crippen LogP) is 3.66. The highest BCUT2D eigenvalue weighted by Gasteiger charge is 2.30. The zero-order valence-corrected chi connectivity index (χ0v) is 16.1. The van der Waals surface area contributed by atoms with Gasteiger partial charge >= 0.3 is 6.18 Å². The van der Waals surface area contributed by atoms with Gasteiger partial charge in [-0.25, -0.2) is 0 Å². The van der Waals surface area contributed by atoms with Gasteiger partial charge in [-0.1, -0.05) is 12.1 Å². The molecule has 1 saturated heterocycles. The lowest BCUT2D eigenvalue weighted by Crippen LogP contribution is -2.31. The van der Waals surface area contributed by atoms with Gasteiger partial charge in [0.15, 0.2) is 0 Å². The van der Waals surface area contributed by atoms with Crippen LogP contribution in [0.25, 0.3) is 0 Å². The van der Waals surface area contributed by atoms with E-state index in [1.165, 1.54) is 12.1 Å². The average molecular weight is 421 g/mol. The number of carbonyl (C=O) groups excluding carboxylic acids is 2. The summed E-state index contributed by atoms with van der Waals surface area (Å²) in [5.74, 6) is -0.759. The van der Waals surface area contributed by atoms with Gasteiger partial charge in [0.25, 0.3) is 5.91 Å². The number of nitrogens with one attached hydrogen (secondary N) is 3. The van der Waals surface area contributed by atoms with Gasteiger partial charge < -0.3 is 20.7 Å². The number of benzene rings is 2. The number of hydrogen-bond acceptors (Lipinski definition) is 4. The molecule has 2 amide bonds. The van der Waals surface area contributed by atoms with Crippen molar-refractivity contribution in [3.8, 4) is 0 Å². The molecule has 30 heavy (non-hydrogen) atoms. The van der Waals surface area contributed by atoms with Gasteiger partial charge in [0, 0.05) is 30.1 Å². The van der Waals surface area contributed by atoms with Crippen LogP contribution >= 0.6 is 0 Å². The summed E-state index contributed by atoms with van der Waals surface area (Å²) < 4.78 is 43.7. The first-order valence-electron chi connectivity index (χ1n) is 9.52. The molecule has 1 heterocycles. The molecule has 1 aliphatic rings. The van der Waals surface area contributed by atoms with Crippen LogP contribution in [0.2, 0.25) is 0 Å². The molecule has 0 radical (unpaired) electrons. The number of alkyl halides is 3. The number of rotatable bonds is 7. The Labute approximate surface area is 171 Å². The van der Waals surface area contributed by atoms with Crippen molar-refractivity contribution in [3.63, 3.8) is 0 Å². The number of anilines is 2. The van der Waals surface area contributed by atoms with Crippen molar-refractivity contribution in [1.82, 2.24) is 5.32 Å². The minimum absolute atomic E-state index is 0.0369. The summed E-state index contributed by atoms with van der Waals surface area (Å²) in [5, 5.41) is 8.10. The van der Waals surface area contributed by atoms with Gasteiger partial charge in [-0.2, -0.15) is 13.2 Å². The van der Waals surface area contributed by atoms with Gasteiger partial charge in [0.05, 0.1) is 18.2 Å². The van der Waals surface area contributed by atoms with Gasteiger partial charge in [0.1, 0.15) is 0 Å². The molecular formula is C21H22F3N3O3. The highest BCUT2D eigenvalue weighted by atomic mass is 19.4. The molecule has 1 atom stereocenters. The maximum atomic E-state index is 12.8. The maximum Gasteiger partial charge on any atom is 0.416 e. The van der Waals surface area contributed by atoms with Crippen LogP contribution in [0.4, 0.5) is 24.5 Å². The molecule has 2 aromatic rings. The fraction of sp³-hybridized carbons (Fsp3) is 0.333. The lowest BCUT2D eigenvalue weighted by Gasteiger charge is -2.12. The minimum atomic E-state index is -4.48. The molecule has 0 spiro atoms. The van der Waals surface area contributed by atoms with Crippen molar-refractivity contribution in [3.05, 3.63) is 59.7 Å². The second kappa shape index (κ2) is 9.62. The molecule has 3 rings (SSSR count). The first-order chi connectivity index (χ1) is 14.3. The molecule has 6 nitrogen and oxygen atoms in total. The summed E-state index contributed by atoms with van der Waals surface area (Å²) >= 11 is 0. The summed E-state index contributed by atoms with van der Waals surface area (Å²) in [7, 11) is 0. The quantitative estimate of drug-likeness (QED) is 0.638. The van der Waals surface area contributed by atoms with E-state index in [1.54, 1.807) is 24.3 Å². The highest BCUT2D eigenvalue weighted by molar-refractivity contribution is 5.96. The van der Waals surface area contributed by atoms with Crippen LogP contribution in [0, 0.1) is 0 Å². The monoisotopic (exact) mass is 421 g/mol. The summed E-state index contributed by atoms with van der Waals surface area (Å²) in [4.78, 5) is 24.3. The van der Waals surface area contributed by atoms with E-state index in [2.05, 4.69) is 16.0 Å². The first kappa shape index (κ1) is 21.6. The molecular weight excluding hydrogens is 399 g/mol. The van der Waals surface area contributed by atoms with E-state index in [4.69, 9.17) is 4.74 Å². The molecule has 0 aromatic heterocycles. The lowest BCUT2D eigenvalue weighted by molar-refractivity contribution is -0.137. The number of hydrogen-bond donors (Lipinski definition) is 3. The Bertz CT molecular complexity index is 896. The third-order valence-corrected chi connectivity index (χ3v) is 4.57. The molecule has 1 aliphatic heterocycles. The van der Waals surface area contributed by atoms with Crippen LogP contribution < -0.4 is 16.0 Å². The van der Waals surface area contributed by atoms with Gasteiger partial charge in [-0.15, -0.1) is 0 Å². The van der Waals surface area contributed by atoms with Crippen molar-refractivity contribution in [2.45, 2.75) is 25.1 Å². The summed E-state index contributed by atoms with van der Waals surface area (Å²) in [6, 6.07) is 11.0. The fourth-order valence-corrected chi connectivity index (χ4v) is 3.05. The van der Waals surface area contributed by atoms with Gasteiger partial charge in [-0.3, -0.25) is 9.59 Å². The molecule has 3 N–H and O–H groups in total. The number of amides is 2. The topological polar surface area (TPSA) is 79.5 Å². The molecule has 2 aromatic carbocycles. The van der Waals surface area contributed by atoms with Crippen molar-refractivity contribution in [2.24, 2.45) is 0 Å². The van der Waals surface area contributed by atoms with Crippen LogP contribution in [0.15, 0.2) is 48.5 Å². The van der Waals surface area contributed by atoms with Gasteiger partial charge in [0.2, 0.25) is 5.91 Å². The Morgan fingerprint density at radius 3 is 2.57 bits per heavy atom. The van der Waals surface area contributed by atoms with E-state index < -0.39 is 17.6 Å². The smallest absolute Gasteiger partial charge is 0.376 e. The first-order valence-corrected chi connectivity index (χ1v) is 9.52. The van der Waals surface area contributed by atoms with Crippen molar-refractivity contribution < 1.29 is 27.5 Å². The molecule has 1 unspecified atom stereocenters. The zero-order chi connectivity index (χ0) is 21.6. The fourth-order valence-electron chi connectivity index (χ4n) is 3.05. The molecule has 1 fully saturated rings. The summed E-state index contributed by atoms with van der Waals surface area (Å²) in [5.41, 5.74) is 0.184. The minimum Gasteiger partial charge on any atom is -0.376 e. The van der Waals surface area contributed by atoms with E-state index in [-0.39, 0.29) is 24.2 Å². The third kappa shape index (κ3) is 6.21. The van der Waals surface area contributed by atoms with Crippen LogP contribution in [0.3, 0.4) is 0 Å². The van der Waals surface area contributed by atoms with E-state index in [0.717, 1.165) is 25.0 Å². The SMILES string of the molecule is O=C(CNc1cccc(C(=O)NCC2CCCO2)c1)Nc1cccc(C(F)(F)F)c1. The Kier molecular flexibility index (Phi) is 6.94. The molecule has 160 valence electrons. The van der Waals surface area contributed by atoms with Crippen molar-refractivity contribution in [1.29, 1.82) is 0 Å². The maximum absolute atomic E-state index is 12.8. The van der Waals surface area contributed by atoms with Gasteiger partial charge in [-0.05, 0) is 49.2 Å². The second-order valence-corrected chi connectivity index (χ2v) is 6.91. The van der Waals surface area contributed by atoms with Crippen molar-refractivity contribution in [2.75, 3.05) is 30.3 Å². The normalized spacial score (nSPS) is 16.2. The second-order valence-electron chi connectivity index (χ2n) is 6.91. The Morgan fingerprint density at radius 1 is 1.07 bits per heavy atom. The van der Waals surface area contributed by atoms with E-state index in [9.17, 15) is 22.8 Å². The predicted molar refractivity (Wildman–Crippen MR) is 106 cm³/mol. The lowest BCUT2D eigenvalue weighted by atomic mass is 10.1. The Balaban J connectivity index is 1.51. The number of halogens is 3. The number of ether oxygens (including phenoxy) is 1. The summed E-state index contributed by atoms with van der Waals surface area (Å²) in [6.07, 6.45) is -2.54. The third-order valence-electron chi connectivity index (χ3n) is 4.57. The molecule has 0 aliphatic carbocycles. The zero-order valence-electron chi connectivity index (χ0n) is 16.1. The Morgan fingerprint density at radius 2 is 1.83 bits per heavy atom. The van der Waals surface area contributed by atoms with Crippen molar-refractivity contribution >= 4 is 23.2 Å². The summed E-state index contributed by atoms with van der Waals surface area (Å²) in [6.45, 7) is 0.982. The molecule has 0 bridgehead atoms. The highest BCUT2D eigenvalue weighted by Crippen LogP contribution is 2.30. The van der Waals surface area contributed by atoms with Crippen LogP contribution in [-0.4, -0.2) is 37.6 Å².